The Balaban J connectivity index is 2.68. The highest BCUT2D eigenvalue weighted by molar-refractivity contribution is 4.86. The van der Waals surface area contributed by atoms with E-state index in [1.54, 1.807) is 0 Å². The zero-order chi connectivity index (χ0) is 10.8. The molecule has 0 aromatic rings. The van der Waals surface area contributed by atoms with Crippen LogP contribution in [0.3, 0.4) is 0 Å². The van der Waals surface area contributed by atoms with Crippen molar-refractivity contribution in [1.82, 2.24) is 4.90 Å². The fourth-order valence-electron chi connectivity index (χ4n) is 1.89. The topological polar surface area (TPSA) is 12.5 Å². The first kappa shape index (κ1) is 12.0. The van der Waals surface area contributed by atoms with E-state index in [0.29, 0.717) is 12.0 Å². The minimum atomic E-state index is 0.0424. The van der Waals surface area contributed by atoms with E-state index in [0.717, 1.165) is 13.2 Å². The predicted molar refractivity (Wildman–Crippen MR) is 60.5 cm³/mol. The molecule has 2 nitrogen and oxygen atoms in total. The maximum absolute atomic E-state index is 5.99. The standard InChI is InChI=1S/C12H25NO/c1-10(2)12(5)9-13(11(3)4)7-6-8-14-12/h10-11H,6-9H2,1-5H3. The average Bonchev–Trinajstić information content (AvgIpc) is 2.28. The van der Waals surface area contributed by atoms with Gasteiger partial charge in [0, 0.05) is 25.7 Å². The molecule has 1 fully saturated rings. The number of rotatable bonds is 2. The van der Waals surface area contributed by atoms with Gasteiger partial charge in [0.1, 0.15) is 0 Å². The average molecular weight is 199 g/mol. The maximum Gasteiger partial charge on any atom is 0.0803 e. The predicted octanol–water partition coefficient (Wildman–Crippen LogP) is 2.53. The van der Waals surface area contributed by atoms with E-state index in [1.807, 2.05) is 0 Å². The first-order valence-corrected chi connectivity index (χ1v) is 5.84. The number of ether oxygens (including phenoxy) is 1. The Morgan fingerprint density at radius 2 is 1.86 bits per heavy atom. The smallest absolute Gasteiger partial charge is 0.0803 e. The lowest BCUT2D eigenvalue weighted by molar-refractivity contribution is -0.0673. The van der Waals surface area contributed by atoms with Gasteiger partial charge in [-0.3, -0.25) is 4.90 Å². The second-order valence-corrected chi connectivity index (χ2v) is 5.23. The molecule has 1 unspecified atom stereocenters. The van der Waals surface area contributed by atoms with Crippen LogP contribution in [0.2, 0.25) is 0 Å². The number of hydrogen-bond donors (Lipinski definition) is 0. The molecule has 1 rings (SSSR count). The summed E-state index contributed by atoms with van der Waals surface area (Å²) < 4.78 is 5.99. The van der Waals surface area contributed by atoms with Crippen molar-refractivity contribution in [3.63, 3.8) is 0 Å². The van der Waals surface area contributed by atoms with Gasteiger partial charge in [0.2, 0.25) is 0 Å². The summed E-state index contributed by atoms with van der Waals surface area (Å²) in [4.78, 5) is 2.53. The fraction of sp³-hybridized carbons (Fsp3) is 1.00. The summed E-state index contributed by atoms with van der Waals surface area (Å²) in [6, 6.07) is 0.634. The Kier molecular flexibility index (Phi) is 3.96. The molecule has 1 aliphatic heterocycles. The van der Waals surface area contributed by atoms with Crippen LogP contribution >= 0.6 is 0 Å². The lowest BCUT2D eigenvalue weighted by Crippen LogP contribution is -2.46. The van der Waals surface area contributed by atoms with Gasteiger partial charge in [-0.05, 0) is 33.1 Å². The van der Waals surface area contributed by atoms with E-state index < -0.39 is 0 Å². The van der Waals surface area contributed by atoms with Crippen molar-refractivity contribution in [2.45, 2.75) is 52.7 Å². The zero-order valence-corrected chi connectivity index (χ0v) is 10.3. The molecule has 1 saturated heterocycles. The summed E-state index contributed by atoms with van der Waals surface area (Å²) in [5, 5.41) is 0. The molecule has 0 saturated carbocycles. The molecule has 14 heavy (non-hydrogen) atoms. The molecule has 0 aromatic carbocycles. The molecule has 84 valence electrons. The molecule has 1 atom stereocenters. The number of hydrogen-bond acceptors (Lipinski definition) is 2. The monoisotopic (exact) mass is 199 g/mol. The Hall–Kier alpha value is -0.0800. The first-order chi connectivity index (χ1) is 6.46. The maximum atomic E-state index is 5.99. The van der Waals surface area contributed by atoms with Crippen LogP contribution in [-0.4, -0.2) is 36.2 Å². The third-order valence-electron chi connectivity index (χ3n) is 3.49. The van der Waals surface area contributed by atoms with Crippen molar-refractivity contribution in [3.8, 4) is 0 Å². The molecular formula is C12H25NO. The molecule has 0 aliphatic carbocycles. The van der Waals surface area contributed by atoms with Gasteiger partial charge in [0.25, 0.3) is 0 Å². The van der Waals surface area contributed by atoms with Crippen molar-refractivity contribution in [3.05, 3.63) is 0 Å². The third-order valence-corrected chi connectivity index (χ3v) is 3.49. The van der Waals surface area contributed by atoms with E-state index in [9.17, 15) is 0 Å². The van der Waals surface area contributed by atoms with Crippen LogP contribution in [-0.2, 0) is 4.74 Å². The third kappa shape index (κ3) is 2.71. The zero-order valence-electron chi connectivity index (χ0n) is 10.3. The van der Waals surface area contributed by atoms with Crippen LogP contribution in [0.1, 0.15) is 41.0 Å². The van der Waals surface area contributed by atoms with E-state index in [4.69, 9.17) is 4.74 Å². The minimum absolute atomic E-state index is 0.0424. The van der Waals surface area contributed by atoms with Gasteiger partial charge in [0.15, 0.2) is 0 Å². The van der Waals surface area contributed by atoms with E-state index >= 15 is 0 Å². The van der Waals surface area contributed by atoms with Crippen molar-refractivity contribution in [2.75, 3.05) is 19.7 Å². The summed E-state index contributed by atoms with van der Waals surface area (Å²) >= 11 is 0. The van der Waals surface area contributed by atoms with Gasteiger partial charge >= 0.3 is 0 Å². The lowest BCUT2D eigenvalue weighted by Gasteiger charge is -2.37. The molecular weight excluding hydrogens is 174 g/mol. The largest absolute Gasteiger partial charge is 0.374 e. The highest BCUT2D eigenvalue weighted by Crippen LogP contribution is 2.26. The van der Waals surface area contributed by atoms with Crippen molar-refractivity contribution in [2.24, 2.45) is 5.92 Å². The summed E-state index contributed by atoms with van der Waals surface area (Å²) in [6.45, 7) is 14.5. The summed E-state index contributed by atoms with van der Waals surface area (Å²) in [5.74, 6) is 0.585. The van der Waals surface area contributed by atoms with E-state index in [-0.39, 0.29) is 5.60 Å². The number of nitrogens with zero attached hydrogens (tertiary/aromatic N) is 1. The summed E-state index contributed by atoms with van der Waals surface area (Å²) in [6.07, 6.45) is 1.17. The van der Waals surface area contributed by atoms with Crippen molar-refractivity contribution < 1.29 is 4.74 Å². The van der Waals surface area contributed by atoms with Crippen LogP contribution in [0, 0.1) is 5.92 Å². The molecule has 0 bridgehead atoms. The summed E-state index contributed by atoms with van der Waals surface area (Å²) in [5.41, 5.74) is 0.0424. The molecule has 0 amide bonds. The normalized spacial score (nSPS) is 31.1. The molecule has 0 N–H and O–H groups in total. The second kappa shape index (κ2) is 4.63. The van der Waals surface area contributed by atoms with Gasteiger partial charge < -0.3 is 4.74 Å². The van der Waals surface area contributed by atoms with Gasteiger partial charge in [-0.2, -0.15) is 0 Å². The van der Waals surface area contributed by atoms with Crippen molar-refractivity contribution >= 4 is 0 Å². The molecule has 1 aliphatic rings. The van der Waals surface area contributed by atoms with E-state index in [2.05, 4.69) is 39.5 Å². The van der Waals surface area contributed by atoms with Crippen LogP contribution < -0.4 is 0 Å². The fourth-order valence-corrected chi connectivity index (χ4v) is 1.89. The van der Waals surface area contributed by atoms with Crippen LogP contribution in [0.5, 0.6) is 0 Å². The molecule has 0 aromatic heterocycles. The van der Waals surface area contributed by atoms with Gasteiger partial charge in [-0.25, -0.2) is 0 Å². The van der Waals surface area contributed by atoms with Crippen molar-refractivity contribution in [1.29, 1.82) is 0 Å². The first-order valence-electron chi connectivity index (χ1n) is 5.84. The van der Waals surface area contributed by atoms with E-state index in [1.165, 1.54) is 13.0 Å². The Morgan fingerprint density at radius 3 is 2.36 bits per heavy atom. The van der Waals surface area contributed by atoms with Gasteiger partial charge in [-0.1, -0.05) is 13.8 Å². The molecule has 0 radical (unpaired) electrons. The molecule has 2 heteroatoms. The minimum Gasteiger partial charge on any atom is -0.374 e. The Labute approximate surface area is 88.6 Å². The van der Waals surface area contributed by atoms with Crippen LogP contribution in [0.4, 0.5) is 0 Å². The van der Waals surface area contributed by atoms with Gasteiger partial charge in [0.05, 0.1) is 5.60 Å². The molecule has 0 spiro atoms. The quantitative estimate of drug-likeness (QED) is 0.677. The van der Waals surface area contributed by atoms with Crippen LogP contribution in [0.15, 0.2) is 0 Å². The molecule has 1 heterocycles. The highest BCUT2D eigenvalue weighted by Gasteiger charge is 2.34. The SMILES string of the molecule is CC(C)N1CCCOC(C)(C(C)C)C1. The van der Waals surface area contributed by atoms with Crippen LogP contribution in [0.25, 0.3) is 0 Å². The lowest BCUT2D eigenvalue weighted by atomic mass is 9.91. The summed E-state index contributed by atoms with van der Waals surface area (Å²) in [7, 11) is 0. The second-order valence-electron chi connectivity index (χ2n) is 5.23. The highest BCUT2D eigenvalue weighted by atomic mass is 16.5. The van der Waals surface area contributed by atoms with Gasteiger partial charge in [-0.15, -0.1) is 0 Å². The Bertz CT molecular complexity index is 179. The Morgan fingerprint density at radius 1 is 1.21 bits per heavy atom.